The van der Waals surface area contributed by atoms with Crippen LogP contribution in [0.2, 0.25) is 0 Å². The molecule has 0 unspecified atom stereocenters. The lowest BCUT2D eigenvalue weighted by molar-refractivity contribution is 0.169. The van der Waals surface area contributed by atoms with Crippen molar-refractivity contribution in [3.63, 3.8) is 0 Å². The van der Waals surface area contributed by atoms with Gasteiger partial charge in [0.1, 0.15) is 6.26 Å². The smallest absolute Gasteiger partial charge is 0.194 e. The van der Waals surface area contributed by atoms with Crippen molar-refractivity contribution < 1.29 is 4.52 Å². The first-order valence-electron chi connectivity index (χ1n) is 9.23. The number of nitrogens with zero attached hydrogens (tertiary/aromatic N) is 5. The van der Waals surface area contributed by atoms with Gasteiger partial charge in [-0.1, -0.05) is 29.4 Å². The predicted molar refractivity (Wildman–Crippen MR) is 121 cm³/mol. The highest BCUT2D eigenvalue weighted by atomic mass is 127. The average molecular weight is 492 g/mol. The molecule has 0 saturated carbocycles. The largest absolute Gasteiger partial charge is 0.364 e. The maximum Gasteiger partial charge on any atom is 0.194 e. The van der Waals surface area contributed by atoms with E-state index in [1.54, 1.807) is 6.26 Å². The summed E-state index contributed by atoms with van der Waals surface area (Å²) in [6.45, 7) is 5.36. The van der Waals surface area contributed by atoms with Crippen molar-refractivity contribution in [3.8, 4) is 0 Å². The number of benzene rings is 1. The maximum absolute atomic E-state index is 4.92. The molecule has 148 valence electrons. The average Bonchev–Trinajstić information content (AvgIpc) is 3.23. The van der Waals surface area contributed by atoms with Crippen LogP contribution < -0.4 is 5.32 Å². The van der Waals surface area contributed by atoms with Gasteiger partial charge in [0.2, 0.25) is 0 Å². The van der Waals surface area contributed by atoms with Crippen molar-refractivity contribution in [1.82, 2.24) is 25.3 Å². The summed E-state index contributed by atoms with van der Waals surface area (Å²) >= 11 is 0. The predicted octanol–water partition coefficient (Wildman–Crippen LogP) is 2.73. The lowest BCUT2D eigenvalue weighted by Gasteiger charge is -2.36. The minimum Gasteiger partial charge on any atom is -0.364 e. The summed E-state index contributed by atoms with van der Waals surface area (Å²) in [5.74, 6) is 0.934. The van der Waals surface area contributed by atoms with Crippen LogP contribution in [0.25, 0.3) is 10.9 Å². The lowest BCUT2D eigenvalue weighted by Crippen LogP contribution is -2.52. The van der Waals surface area contributed by atoms with Gasteiger partial charge < -0.3 is 14.7 Å². The minimum absolute atomic E-state index is 0. The highest BCUT2D eigenvalue weighted by Gasteiger charge is 2.20. The summed E-state index contributed by atoms with van der Waals surface area (Å²) < 4.78 is 4.92. The molecule has 8 heteroatoms. The Kier molecular flexibility index (Phi) is 7.21. The number of hydrogen-bond donors (Lipinski definition) is 1. The van der Waals surface area contributed by atoms with Crippen LogP contribution in [0, 0.1) is 0 Å². The van der Waals surface area contributed by atoms with Crippen LogP contribution in [0.15, 0.2) is 58.4 Å². The highest BCUT2D eigenvalue weighted by molar-refractivity contribution is 14.0. The first kappa shape index (κ1) is 20.5. The highest BCUT2D eigenvalue weighted by Crippen LogP contribution is 2.16. The zero-order valence-electron chi connectivity index (χ0n) is 15.9. The zero-order valence-corrected chi connectivity index (χ0v) is 18.2. The molecular weight excluding hydrogens is 467 g/mol. The molecule has 0 atom stereocenters. The third-order valence-corrected chi connectivity index (χ3v) is 4.91. The number of piperazine rings is 1. The van der Waals surface area contributed by atoms with Gasteiger partial charge in [-0.2, -0.15) is 0 Å². The van der Waals surface area contributed by atoms with Crippen molar-refractivity contribution in [3.05, 3.63) is 60.1 Å². The molecule has 7 nitrogen and oxygen atoms in total. The number of aliphatic imine (C=N–C) groups is 1. The Labute approximate surface area is 181 Å². The Morgan fingerprint density at radius 2 is 1.96 bits per heavy atom. The lowest BCUT2D eigenvalue weighted by atomic mass is 10.1. The SMILES string of the molecule is CN=C(NCc1cccc2cccnc12)N1CCN(Cc2ccon2)CC1.I. The van der Waals surface area contributed by atoms with Crippen LogP contribution in [-0.2, 0) is 13.1 Å². The van der Waals surface area contributed by atoms with E-state index in [0.29, 0.717) is 6.54 Å². The number of halogens is 1. The van der Waals surface area contributed by atoms with E-state index in [2.05, 4.69) is 54.5 Å². The van der Waals surface area contributed by atoms with Gasteiger partial charge >= 0.3 is 0 Å². The molecular formula is C20H25IN6O. The van der Waals surface area contributed by atoms with Crippen LogP contribution >= 0.6 is 24.0 Å². The molecule has 1 fully saturated rings. The molecule has 0 aliphatic carbocycles. The second kappa shape index (κ2) is 9.83. The third kappa shape index (κ3) is 4.79. The molecule has 3 aromatic rings. The van der Waals surface area contributed by atoms with Gasteiger partial charge in [-0.3, -0.25) is 14.9 Å². The molecule has 0 amide bonds. The van der Waals surface area contributed by atoms with Crippen molar-refractivity contribution in [2.75, 3.05) is 33.2 Å². The Morgan fingerprint density at radius 1 is 1.14 bits per heavy atom. The minimum atomic E-state index is 0. The van der Waals surface area contributed by atoms with Gasteiger partial charge in [-0.05, 0) is 11.6 Å². The van der Waals surface area contributed by atoms with Gasteiger partial charge in [0, 0.05) is 64.0 Å². The van der Waals surface area contributed by atoms with E-state index >= 15 is 0 Å². The maximum atomic E-state index is 4.92. The van der Waals surface area contributed by atoms with E-state index < -0.39 is 0 Å². The summed E-state index contributed by atoms with van der Waals surface area (Å²) in [4.78, 5) is 13.7. The summed E-state index contributed by atoms with van der Waals surface area (Å²) in [6, 6.07) is 12.3. The molecule has 1 aromatic carbocycles. The fourth-order valence-corrected chi connectivity index (χ4v) is 3.48. The third-order valence-electron chi connectivity index (χ3n) is 4.91. The number of rotatable bonds is 4. The summed E-state index contributed by atoms with van der Waals surface area (Å²) in [5, 5.41) is 8.65. The van der Waals surface area contributed by atoms with Crippen molar-refractivity contribution in [1.29, 1.82) is 0 Å². The van der Waals surface area contributed by atoms with Crippen LogP contribution in [0.4, 0.5) is 0 Å². The summed E-state index contributed by atoms with van der Waals surface area (Å²) in [6.07, 6.45) is 3.47. The second-order valence-corrected chi connectivity index (χ2v) is 6.65. The molecule has 0 spiro atoms. The molecule has 1 aliphatic rings. The summed E-state index contributed by atoms with van der Waals surface area (Å²) in [5.41, 5.74) is 3.20. The molecule has 2 aromatic heterocycles. The van der Waals surface area contributed by atoms with Gasteiger partial charge in [0.25, 0.3) is 0 Å². The number of guanidine groups is 1. The first-order chi connectivity index (χ1) is 13.3. The molecule has 1 N–H and O–H groups in total. The van der Waals surface area contributed by atoms with E-state index in [0.717, 1.165) is 55.3 Å². The van der Waals surface area contributed by atoms with Gasteiger partial charge in [0.05, 0.1) is 11.2 Å². The van der Waals surface area contributed by atoms with E-state index in [1.807, 2.05) is 25.4 Å². The van der Waals surface area contributed by atoms with Crippen LogP contribution in [0.3, 0.4) is 0 Å². The van der Waals surface area contributed by atoms with Crippen LogP contribution in [0.5, 0.6) is 0 Å². The molecule has 28 heavy (non-hydrogen) atoms. The van der Waals surface area contributed by atoms with E-state index in [4.69, 9.17) is 4.52 Å². The molecule has 1 saturated heterocycles. The van der Waals surface area contributed by atoms with Crippen molar-refractivity contribution >= 4 is 40.8 Å². The van der Waals surface area contributed by atoms with Gasteiger partial charge in [0.15, 0.2) is 5.96 Å². The van der Waals surface area contributed by atoms with Crippen LogP contribution in [-0.4, -0.2) is 59.1 Å². The van der Waals surface area contributed by atoms with E-state index in [1.165, 1.54) is 5.56 Å². The van der Waals surface area contributed by atoms with Gasteiger partial charge in [-0.25, -0.2) is 0 Å². The number of nitrogens with one attached hydrogen (secondary N) is 1. The number of aromatic nitrogens is 2. The van der Waals surface area contributed by atoms with E-state index in [-0.39, 0.29) is 24.0 Å². The standard InChI is InChI=1S/C20H24N6O.HI/c1-21-20(23-14-17-5-2-4-16-6-3-8-22-19(16)17)26-11-9-25(10-12-26)15-18-7-13-27-24-18;/h2-8,13H,9-12,14-15H2,1H3,(H,21,23);1H. The Balaban J connectivity index is 0.00000225. The first-order valence-corrected chi connectivity index (χ1v) is 9.23. The number of para-hydroxylation sites is 1. The Bertz CT molecular complexity index is 901. The number of pyridine rings is 1. The Morgan fingerprint density at radius 3 is 2.71 bits per heavy atom. The van der Waals surface area contributed by atoms with Crippen LogP contribution in [0.1, 0.15) is 11.3 Å². The molecule has 1 aliphatic heterocycles. The summed E-state index contributed by atoms with van der Waals surface area (Å²) in [7, 11) is 1.84. The molecule has 3 heterocycles. The monoisotopic (exact) mass is 492 g/mol. The van der Waals surface area contributed by atoms with E-state index in [9.17, 15) is 0 Å². The van der Waals surface area contributed by atoms with Crippen molar-refractivity contribution in [2.24, 2.45) is 4.99 Å². The molecule has 0 bridgehead atoms. The Hall–Kier alpha value is -2.20. The molecule has 0 radical (unpaired) electrons. The quantitative estimate of drug-likeness (QED) is 0.343. The van der Waals surface area contributed by atoms with Gasteiger partial charge in [-0.15, -0.1) is 24.0 Å². The van der Waals surface area contributed by atoms with Crippen molar-refractivity contribution in [2.45, 2.75) is 13.1 Å². The normalized spacial score (nSPS) is 15.5. The second-order valence-electron chi connectivity index (χ2n) is 6.65. The molecule has 4 rings (SSSR count). The fraction of sp³-hybridized carbons (Fsp3) is 0.350. The number of hydrogen-bond acceptors (Lipinski definition) is 5. The zero-order chi connectivity index (χ0) is 18.5. The number of fused-ring (bicyclic) bond motifs is 1. The topological polar surface area (TPSA) is 69.8 Å². The fourth-order valence-electron chi connectivity index (χ4n) is 3.48.